The average molecular weight is 246 g/mol. The van der Waals surface area contributed by atoms with Crippen LogP contribution in [0.25, 0.3) is 0 Å². The Hall–Kier alpha value is -1.18. The van der Waals surface area contributed by atoms with Gasteiger partial charge in [0.15, 0.2) is 0 Å². The van der Waals surface area contributed by atoms with Crippen LogP contribution >= 0.6 is 0 Å². The topological polar surface area (TPSA) is 112 Å². The van der Waals surface area contributed by atoms with Crippen molar-refractivity contribution in [2.24, 2.45) is 10.9 Å². The fourth-order valence-corrected chi connectivity index (χ4v) is 1.84. The summed E-state index contributed by atoms with van der Waals surface area (Å²) in [5.41, 5.74) is 4.45. The first-order chi connectivity index (χ1) is 7.29. The van der Waals surface area contributed by atoms with Crippen LogP contribution in [0.15, 0.2) is 23.1 Å². The molecule has 0 aromatic rings. The van der Waals surface area contributed by atoms with Gasteiger partial charge in [0.1, 0.15) is 5.54 Å². The molecular formula is C9H14N2O4S. The second-order valence-corrected chi connectivity index (χ2v) is 5.01. The van der Waals surface area contributed by atoms with Crippen molar-refractivity contribution in [2.75, 3.05) is 6.61 Å². The highest BCUT2D eigenvalue weighted by molar-refractivity contribution is 7.93. The number of primary sulfonamides is 1. The molecule has 0 fully saturated rings. The Kier molecular flexibility index (Phi) is 3.51. The van der Waals surface area contributed by atoms with Gasteiger partial charge >= 0.3 is 5.97 Å². The van der Waals surface area contributed by atoms with E-state index < -0.39 is 21.5 Å². The van der Waals surface area contributed by atoms with Crippen molar-refractivity contribution in [1.29, 1.82) is 0 Å². The zero-order chi connectivity index (χ0) is 12.4. The van der Waals surface area contributed by atoms with E-state index in [0.717, 1.165) is 0 Å². The molecule has 0 heterocycles. The fraction of sp³-hybridized carbons (Fsp3) is 0.444. The molecule has 0 aromatic heterocycles. The minimum absolute atomic E-state index is 0.0436. The number of ether oxygens (including phenoxy) is 1. The molecule has 0 bridgehead atoms. The Morgan fingerprint density at radius 2 is 2.25 bits per heavy atom. The Balaban J connectivity index is 2.87. The Morgan fingerprint density at radius 3 is 2.62 bits per heavy atom. The maximum atomic E-state index is 11.5. The van der Waals surface area contributed by atoms with Crippen molar-refractivity contribution in [1.82, 2.24) is 0 Å². The molecule has 90 valence electrons. The number of carbonyl (C=O) groups excluding carboxylic acids is 1. The summed E-state index contributed by atoms with van der Waals surface area (Å²) in [5.74, 6) is -0.587. The predicted octanol–water partition coefficient (Wildman–Crippen LogP) is -0.621. The van der Waals surface area contributed by atoms with Crippen LogP contribution in [0.4, 0.5) is 0 Å². The van der Waals surface area contributed by atoms with Crippen LogP contribution in [0.5, 0.6) is 0 Å². The van der Waals surface area contributed by atoms with Gasteiger partial charge in [-0.05, 0) is 19.4 Å². The monoisotopic (exact) mass is 246 g/mol. The molecule has 1 aliphatic rings. The van der Waals surface area contributed by atoms with Crippen LogP contribution in [-0.2, 0) is 19.6 Å². The first kappa shape index (κ1) is 12.9. The van der Waals surface area contributed by atoms with E-state index in [4.69, 9.17) is 15.6 Å². The number of hydrogen-bond acceptors (Lipinski definition) is 5. The van der Waals surface area contributed by atoms with Crippen LogP contribution < -0.4 is 10.9 Å². The third-order valence-electron chi connectivity index (χ3n) is 2.17. The standard InChI is InChI=1S/C9H14N2O4S/c1-2-15-8(12)9(10)5-3-7(4-6-9)16(11,13)14/h3-5H,2,6,10H2,1H3,(H2,11,13,14). The SMILES string of the molecule is CCOC(=O)C1(N)C=CC(S(N)(=O)=O)=CC1. The molecule has 0 radical (unpaired) electrons. The third kappa shape index (κ3) is 2.69. The molecule has 0 saturated heterocycles. The van der Waals surface area contributed by atoms with Crippen molar-refractivity contribution < 1.29 is 17.9 Å². The lowest BCUT2D eigenvalue weighted by molar-refractivity contribution is -0.147. The van der Waals surface area contributed by atoms with Gasteiger partial charge in [0.05, 0.1) is 11.5 Å². The van der Waals surface area contributed by atoms with Gasteiger partial charge in [0, 0.05) is 0 Å². The van der Waals surface area contributed by atoms with Crippen LogP contribution in [-0.4, -0.2) is 26.5 Å². The van der Waals surface area contributed by atoms with E-state index in [-0.39, 0.29) is 17.9 Å². The van der Waals surface area contributed by atoms with Crippen LogP contribution in [0, 0.1) is 0 Å². The molecule has 1 atom stereocenters. The number of sulfonamides is 1. The zero-order valence-corrected chi connectivity index (χ0v) is 9.66. The summed E-state index contributed by atoms with van der Waals surface area (Å²) in [4.78, 5) is 11.4. The number of carbonyl (C=O) groups is 1. The number of esters is 1. The van der Waals surface area contributed by atoms with Gasteiger partial charge in [-0.15, -0.1) is 0 Å². The number of hydrogen-bond donors (Lipinski definition) is 2. The van der Waals surface area contributed by atoms with Gasteiger partial charge in [-0.3, -0.25) is 0 Å². The lowest BCUT2D eigenvalue weighted by atomic mass is 9.92. The summed E-state index contributed by atoms with van der Waals surface area (Å²) in [5, 5.41) is 4.93. The molecule has 1 unspecified atom stereocenters. The van der Waals surface area contributed by atoms with Crippen molar-refractivity contribution in [3.05, 3.63) is 23.1 Å². The normalized spacial score (nSPS) is 25.1. The van der Waals surface area contributed by atoms with E-state index in [2.05, 4.69) is 0 Å². The average Bonchev–Trinajstić information content (AvgIpc) is 2.17. The van der Waals surface area contributed by atoms with Crippen molar-refractivity contribution in [2.45, 2.75) is 18.9 Å². The van der Waals surface area contributed by atoms with E-state index in [1.165, 1.54) is 18.2 Å². The molecule has 16 heavy (non-hydrogen) atoms. The second-order valence-electron chi connectivity index (χ2n) is 3.45. The van der Waals surface area contributed by atoms with Gasteiger partial charge in [-0.2, -0.15) is 0 Å². The third-order valence-corrected chi connectivity index (χ3v) is 3.13. The first-order valence-corrected chi connectivity index (χ1v) is 6.22. The number of allylic oxidation sites excluding steroid dienone is 1. The van der Waals surface area contributed by atoms with Gasteiger partial charge < -0.3 is 10.5 Å². The molecule has 7 heteroatoms. The van der Waals surface area contributed by atoms with Crippen molar-refractivity contribution >= 4 is 16.0 Å². The van der Waals surface area contributed by atoms with Gasteiger partial charge in [0.25, 0.3) is 0 Å². The van der Waals surface area contributed by atoms with E-state index in [1.807, 2.05) is 0 Å². The molecule has 0 spiro atoms. The van der Waals surface area contributed by atoms with E-state index in [9.17, 15) is 13.2 Å². The Morgan fingerprint density at radius 1 is 1.62 bits per heavy atom. The summed E-state index contributed by atoms with van der Waals surface area (Å²) in [6.45, 7) is 1.89. The molecule has 0 aliphatic heterocycles. The quantitative estimate of drug-likeness (QED) is 0.644. The molecule has 1 aliphatic carbocycles. The van der Waals surface area contributed by atoms with Crippen LogP contribution in [0.2, 0.25) is 0 Å². The summed E-state index contributed by atoms with van der Waals surface area (Å²) < 4.78 is 26.8. The summed E-state index contributed by atoms with van der Waals surface area (Å²) in [7, 11) is -3.75. The Labute approximate surface area is 94.0 Å². The lowest BCUT2D eigenvalue weighted by Crippen LogP contribution is -2.48. The molecule has 0 aromatic carbocycles. The largest absolute Gasteiger partial charge is 0.464 e. The van der Waals surface area contributed by atoms with Gasteiger partial charge in [-0.25, -0.2) is 18.4 Å². The molecule has 6 nitrogen and oxygen atoms in total. The zero-order valence-electron chi connectivity index (χ0n) is 8.84. The minimum Gasteiger partial charge on any atom is -0.464 e. The predicted molar refractivity (Wildman–Crippen MR) is 58.5 cm³/mol. The minimum atomic E-state index is -3.75. The summed E-state index contributed by atoms with van der Waals surface area (Å²) in [6.07, 6.45) is 3.88. The highest BCUT2D eigenvalue weighted by atomic mass is 32.2. The fourth-order valence-electron chi connectivity index (χ4n) is 1.26. The first-order valence-electron chi connectivity index (χ1n) is 4.68. The van der Waals surface area contributed by atoms with E-state index in [0.29, 0.717) is 0 Å². The Bertz CT molecular complexity index is 452. The molecule has 4 N–H and O–H groups in total. The highest BCUT2D eigenvalue weighted by Gasteiger charge is 2.34. The number of nitrogens with two attached hydrogens (primary N) is 2. The highest BCUT2D eigenvalue weighted by Crippen LogP contribution is 2.21. The second kappa shape index (κ2) is 4.36. The van der Waals surface area contributed by atoms with Crippen LogP contribution in [0.1, 0.15) is 13.3 Å². The van der Waals surface area contributed by atoms with Gasteiger partial charge in [-0.1, -0.05) is 12.2 Å². The molecule has 0 amide bonds. The lowest BCUT2D eigenvalue weighted by Gasteiger charge is -2.24. The van der Waals surface area contributed by atoms with Crippen molar-refractivity contribution in [3.8, 4) is 0 Å². The molecular weight excluding hydrogens is 232 g/mol. The summed E-state index contributed by atoms with van der Waals surface area (Å²) >= 11 is 0. The van der Waals surface area contributed by atoms with Crippen molar-refractivity contribution in [3.63, 3.8) is 0 Å². The van der Waals surface area contributed by atoms with E-state index >= 15 is 0 Å². The van der Waals surface area contributed by atoms with Gasteiger partial charge in [0.2, 0.25) is 10.0 Å². The molecule has 0 saturated carbocycles. The van der Waals surface area contributed by atoms with Crippen LogP contribution in [0.3, 0.4) is 0 Å². The maximum Gasteiger partial charge on any atom is 0.330 e. The summed E-state index contributed by atoms with van der Waals surface area (Å²) in [6, 6.07) is 0. The van der Waals surface area contributed by atoms with E-state index in [1.54, 1.807) is 6.92 Å². The maximum absolute atomic E-state index is 11.5. The smallest absolute Gasteiger partial charge is 0.330 e. The molecule has 1 rings (SSSR count). The number of rotatable bonds is 3.